The molecule has 1 saturated carbocycles. The number of likely N-dealkylation sites (N-methyl/N-ethyl adjacent to an activating group) is 1. The van der Waals surface area contributed by atoms with Crippen molar-refractivity contribution in [3.05, 3.63) is 35.4 Å². The van der Waals surface area contributed by atoms with Gasteiger partial charge in [0.25, 0.3) is 5.91 Å². The van der Waals surface area contributed by atoms with Crippen molar-refractivity contribution >= 4 is 5.91 Å². The second kappa shape index (κ2) is 6.17. The highest BCUT2D eigenvalue weighted by Crippen LogP contribution is 2.34. The van der Waals surface area contributed by atoms with Crippen molar-refractivity contribution in [2.45, 2.75) is 49.8 Å². The first-order valence-corrected chi connectivity index (χ1v) is 8.09. The predicted octanol–water partition coefficient (Wildman–Crippen LogP) is 2.13. The molecule has 3 rings (SSSR count). The van der Waals surface area contributed by atoms with Crippen molar-refractivity contribution in [3.63, 3.8) is 0 Å². The average molecular weight is 324 g/mol. The second-order valence-electron chi connectivity index (χ2n) is 6.71. The number of nitrogens with one attached hydrogen (secondary N) is 1. The van der Waals surface area contributed by atoms with Crippen molar-refractivity contribution in [3.8, 4) is 0 Å². The first-order valence-electron chi connectivity index (χ1n) is 8.09. The van der Waals surface area contributed by atoms with Gasteiger partial charge in [-0.2, -0.15) is 0 Å². The van der Waals surface area contributed by atoms with Crippen LogP contribution in [0.1, 0.15) is 43.7 Å². The van der Waals surface area contributed by atoms with E-state index >= 15 is 0 Å². The zero-order valence-electron chi connectivity index (χ0n) is 13.2. The fourth-order valence-electron chi connectivity index (χ4n) is 3.77. The Morgan fingerprint density at radius 2 is 2.00 bits per heavy atom. The van der Waals surface area contributed by atoms with E-state index in [9.17, 15) is 18.7 Å². The molecule has 0 radical (unpaired) electrons. The Balaban J connectivity index is 1.78. The van der Waals surface area contributed by atoms with Crippen LogP contribution in [0.25, 0.3) is 0 Å². The maximum absolute atomic E-state index is 13.5. The van der Waals surface area contributed by atoms with Gasteiger partial charge in [0.1, 0.15) is 5.60 Å². The first kappa shape index (κ1) is 16.3. The first-order chi connectivity index (χ1) is 10.9. The predicted molar refractivity (Wildman–Crippen MR) is 81.7 cm³/mol. The third-order valence-electron chi connectivity index (χ3n) is 5.10. The maximum atomic E-state index is 13.5. The third kappa shape index (κ3) is 3.10. The number of benzene rings is 1. The molecule has 0 unspecified atom stereocenters. The molecule has 2 fully saturated rings. The van der Waals surface area contributed by atoms with Crippen molar-refractivity contribution < 1.29 is 18.7 Å². The van der Waals surface area contributed by atoms with Crippen LogP contribution in [0.3, 0.4) is 0 Å². The zero-order valence-corrected chi connectivity index (χ0v) is 13.2. The molecule has 2 aliphatic rings. The second-order valence-corrected chi connectivity index (χ2v) is 6.71. The van der Waals surface area contributed by atoms with Gasteiger partial charge in [-0.05, 0) is 56.8 Å². The molecule has 1 amide bonds. The molecule has 1 aliphatic heterocycles. The van der Waals surface area contributed by atoms with E-state index in [0.29, 0.717) is 24.8 Å². The number of carbonyl (C=O) groups is 1. The van der Waals surface area contributed by atoms with Crippen LogP contribution in [0.4, 0.5) is 8.78 Å². The molecule has 126 valence electrons. The summed E-state index contributed by atoms with van der Waals surface area (Å²) in [5.74, 6) is -2.11. The number of amides is 1. The Morgan fingerprint density at radius 1 is 1.30 bits per heavy atom. The lowest BCUT2D eigenvalue weighted by Crippen LogP contribution is -2.50. The minimum atomic E-state index is -1.28. The standard InChI is InChI=1S/C17H22F2N2O2/c1-21-9-6-14(20-16(22)17(23)7-2-3-8-17)15(21)11-4-5-12(18)13(19)10-11/h4-5,10,14-15,23H,2-3,6-9H2,1H3,(H,20,22)/t14-,15-/m0/s1. The molecule has 4 nitrogen and oxygen atoms in total. The summed E-state index contributed by atoms with van der Waals surface area (Å²) in [5, 5.41) is 13.3. The van der Waals surface area contributed by atoms with Crippen molar-refractivity contribution in [1.82, 2.24) is 10.2 Å². The quantitative estimate of drug-likeness (QED) is 0.896. The van der Waals surface area contributed by atoms with Crippen molar-refractivity contribution in [2.24, 2.45) is 0 Å². The number of rotatable bonds is 3. The summed E-state index contributed by atoms with van der Waals surface area (Å²) in [6.45, 7) is 0.743. The summed E-state index contributed by atoms with van der Waals surface area (Å²) in [5.41, 5.74) is -0.646. The van der Waals surface area contributed by atoms with Crippen LogP contribution in [-0.4, -0.2) is 41.1 Å². The Morgan fingerprint density at radius 3 is 2.65 bits per heavy atom. The molecule has 0 spiro atoms. The molecule has 6 heteroatoms. The molecule has 1 aromatic rings. The number of halogens is 2. The molecule has 0 bridgehead atoms. The molecular formula is C17H22F2N2O2. The van der Waals surface area contributed by atoms with Gasteiger partial charge in [0, 0.05) is 12.6 Å². The summed E-state index contributed by atoms with van der Waals surface area (Å²) in [4.78, 5) is 14.4. The third-order valence-corrected chi connectivity index (χ3v) is 5.10. The number of likely N-dealkylation sites (tertiary alicyclic amines) is 1. The molecule has 2 N–H and O–H groups in total. The summed E-state index contributed by atoms with van der Waals surface area (Å²) in [6.07, 6.45) is 3.37. The molecule has 1 saturated heterocycles. The van der Waals surface area contributed by atoms with Gasteiger partial charge in [-0.1, -0.05) is 6.07 Å². The van der Waals surface area contributed by atoms with E-state index in [2.05, 4.69) is 5.32 Å². The number of carbonyl (C=O) groups excluding carboxylic acids is 1. The highest BCUT2D eigenvalue weighted by Gasteiger charge is 2.42. The highest BCUT2D eigenvalue weighted by molar-refractivity contribution is 5.85. The fraction of sp³-hybridized carbons (Fsp3) is 0.588. The SMILES string of the molecule is CN1CC[C@H](NC(=O)C2(O)CCCC2)[C@@H]1c1ccc(F)c(F)c1. The lowest BCUT2D eigenvalue weighted by molar-refractivity contribution is -0.140. The molecule has 1 heterocycles. The Bertz CT molecular complexity index is 602. The van der Waals surface area contributed by atoms with Crippen molar-refractivity contribution in [1.29, 1.82) is 0 Å². The number of nitrogens with zero attached hydrogens (tertiary/aromatic N) is 1. The molecular weight excluding hydrogens is 302 g/mol. The average Bonchev–Trinajstić information content (AvgIpc) is 3.10. The van der Waals surface area contributed by atoms with E-state index in [4.69, 9.17) is 0 Å². The van der Waals surface area contributed by atoms with Crippen LogP contribution in [0.15, 0.2) is 18.2 Å². The lowest BCUT2D eigenvalue weighted by atomic mass is 9.97. The smallest absolute Gasteiger partial charge is 0.252 e. The summed E-state index contributed by atoms with van der Waals surface area (Å²) >= 11 is 0. The van der Waals surface area contributed by atoms with Gasteiger partial charge in [-0.3, -0.25) is 9.69 Å². The van der Waals surface area contributed by atoms with E-state index < -0.39 is 17.2 Å². The van der Waals surface area contributed by atoms with Gasteiger partial charge >= 0.3 is 0 Å². The minimum absolute atomic E-state index is 0.220. The van der Waals surface area contributed by atoms with Gasteiger partial charge < -0.3 is 10.4 Å². The Kier molecular flexibility index (Phi) is 4.38. The van der Waals surface area contributed by atoms with E-state index in [-0.39, 0.29) is 18.0 Å². The van der Waals surface area contributed by atoms with Gasteiger partial charge in [-0.25, -0.2) is 8.78 Å². The Hall–Kier alpha value is -1.53. The van der Waals surface area contributed by atoms with E-state index in [1.807, 2.05) is 11.9 Å². The van der Waals surface area contributed by atoms with Gasteiger partial charge in [0.2, 0.25) is 0 Å². The molecule has 1 aliphatic carbocycles. The zero-order chi connectivity index (χ0) is 16.6. The van der Waals surface area contributed by atoms with Gasteiger partial charge in [0.15, 0.2) is 11.6 Å². The topological polar surface area (TPSA) is 52.6 Å². The monoisotopic (exact) mass is 324 g/mol. The minimum Gasteiger partial charge on any atom is -0.380 e. The lowest BCUT2D eigenvalue weighted by Gasteiger charge is -2.29. The molecule has 0 aromatic heterocycles. The number of hydrogen-bond acceptors (Lipinski definition) is 3. The van der Waals surface area contributed by atoms with Crippen LogP contribution >= 0.6 is 0 Å². The van der Waals surface area contributed by atoms with Crippen LogP contribution in [-0.2, 0) is 4.79 Å². The van der Waals surface area contributed by atoms with Crippen LogP contribution < -0.4 is 5.32 Å². The van der Waals surface area contributed by atoms with Gasteiger partial charge in [-0.15, -0.1) is 0 Å². The van der Waals surface area contributed by atoms with E-state index in [1.54, 1.807) is 6.07 Å². The summed E-state index contributed by atoms with van der Waals surface area (Å²) < 4.78 is 26.7. The van der Waals surface area contributed by atoms with E-state index in [0.717, 1.165) is 25.5 Å². The summed E-state index contributed by atoms with van der Waals surface area (Å²) in [7, 11) is 1.89. The Labute approximate surface area is 134 Å². The maximum Gasteiger partial charge on any atom is 0.252 e. The van der Waals surface area contributed by atoms with E-state index in [1.165, 1.54) is 6.07 Å². The van der Waals surface area contributed by atoms with Crippen LogP contribution in [0, 0.1) is 11.6 Å². The molecule has 2 atom stereocenters. The fourth-order valence-corrected chi connectivity index (χ4v) is 3.77. The normalized spacial score (nSPS) is 27.3. The molecule has 23 heavy (non-hydrogen) atoms. The van der Waals surface area contributed by atoms with Crippen molar-refractivity contribution in [2.75, 3.05) is 13.6 Å². The highest BCUT2D eigenvalue weighted by atomic mass is 19.2. The number of aliphatic hydroxyl groups is 1. The van der Waals surface area contributed by atoms with Gasteiger partial charge in [0.05, 0.1) is 6.04 Å². The van der Waals surface area contributed by atoms with Crippen LogP contribution in [0.5, 0.6) is 0 Å². The van der Waals surface area contributed by atoms with Crippen LogP contribution in [0.2, 0.25) is 0 Å². The largest absolute Gasteiger partial charge is 0.380 e. The summed E-state index contributed by atoms with van der Waals surface area (Å²) in [6, 6.07) is 3.40. The molecule has 1 aromatic carbocycles. The number of hydrogen-bond donors (Lipinski definition) is 2.